The monoisotopic (exact) mass is 394 g/mol. The normalized spacial score (nSPS) is 19.2. The molecule has 0 unspecified atom stereocenters. The van der Waals surface area contributed by atoms with Crippen LogP contribution in [0.1, 0.15) is 61.6 Å². The van der Waals surface area contributed by atoms with Gasteiger partial charge in [-0.25, -0.2) is 0 Å². The minimum absolute atomic E-state index is 0.151. The number of hydrogen-bond donors (Lipinski definition) is 0. The van der Waals surface area contributed by atoms with E-state index in [9.17, 15) is 8.78 Å². The topological polar surface area (TPSA) is 9.23 Å². The number of rotatable bonds is 6. The van der Waals surface area contributed by atoms with Gasteiger partial charge in [0.25, 0.3) is 0 Å². The average Bonchev–Trinajstić information content (AvgIpc) is 2.73. The van der Waals surface area contributed by atoms with Crippen LogP contribution in [0.3, 0.4) is 0 Å². The van der Waals surface area contributed by atoms with E-state index in [1.165, 1.54) is 55.4 Å². The summed E-state index contributed by atoms with van der Waals surface area (Å²) in [5.41, 5.74) is 3.69. The van der Waals surface area contributed by atoms with Crippen LogP contribution in [0.15, 0.2) is 60.7 Å². The summed E-state index contributed by atoms with van der Waals surface area (Å²) in [7, 11) is 0. The molecule has 0 spiro atoms. The fourth-order valence-electron chi connectivity index (χ4n) is 3.92. The van der Waals surface area contributed by atoms with E-state index in [2.05, 4.69) is 53.8 Å². The first-order valence-electron chi connectivity index (χ1n) is 10.5. The molecule has 0 saturated heterocycles. The Balaban J connectivity index is 1.46. The number of halogens is 2. The second kappa shape index (κ2) is 10.8. The molecule has 1 aliphatic rings. The van der Waals surface area contributed by atoms with Crippen LogP contribution in [-0.2, 0) is 6.42 Å². The quantitative estimate of drug-likeness (QED) is 0.474. The minimum atomic E-state index is -2.80. The predicted octanol–water partition coefficient (Wildman–Crippen LogP) is 7.12. The second-order valence-electron chi connectivity index (χ2n) is 7.63. The van der Waals surface area contributed by atoms with Crippen LogP contribution in [0.5, 0.6) is 5.75 Å². The molecule has 0 radical (unpaired) electrons. The number of aryl methyl sites for hydroxylation is 1. The van der Waals surface area contributed by atoms with Crippen molar-refractivity contribution in [3.63, 3.8) is 0 Å². The molecular formula is C26H28F2O. The van der Waals surface area contributed by atoms with Crippen molar-refractivity contribution in [1.82, 2.24) is 0 Å². The van der Waals surface area contributed by atoms with Gasteiger partial charge in [0.1, 0.15) is 5.75 Å². The van der Waals surface area contributed by atoms with Gasteiger partial charge in [0.05, 0.1) is 0 Å². The van der Waals surface area contributed by atoms with Gasteiger partial charge in [-0.05, 0) is 85.4 Å². The van der Waals surface area contributed by atoms with Gasteiger partial charge in [-0.1, -0.05) is 55.5 Å². The molecule has 3 heteroatoms. The largest absolute Gasteiger partial charge is 0.435 e. The maximum Gasteiger partial charge on any atom is 0.387 e. The zero-order valence-corrected chi connectivity index (χ0v) is 16.9. The third kappa shape index (κ3) is 6.75. The van der Waals surface area contributed by atoms with Crippen molar-refractivity contribution < 1.29 is 13.5 Å². The van der Waals surface area contributed by atoms with Gasteiger partial charge in [0.2, 0.25) is 0 Å². The Morgan fingerprint density at radius 2 is 1.69 bits per heavy atom. The predicted molar refractivity (Wildman–Crippen MR) is 114 cm³/mol. The van der Waals surface area contributed by atoms with Crippen LogP contribution in [0, 0.1) is 17.8 Å². The first-order chi connectivity index (χ1) is 14.1. The lowest BCUT2D eigenvalue weighted by Crippen LogP contribution is -2.11. The highest BCUT2D eigenvalue weighted by Crippen LogP contribution is 2.36. The molecule has 29 heavy (non-hydrogen) atoms. The highest BCUT2D eigenvalue weighted by molar-refractivity contribution is 5.40. The molecule has 0 bridgehead atoms. The maximum absolute atomic E-state index is 12.2. The van der Waals surface area contributed by atoms with Crippen molar-refractivity contribution in [2.75, 3.05) is 0 Å². The van der Waals surface area contributed by atoms with Crippen molar-refractivity contribution in [3.05, 3.63) is 77.4 Å². The van der Waals surface area contributed by atoms with Crippen LogP contribution >= 0.6 is 0 Å². The maximum atomic E-state index is 12.2. The molecule has 152 valence electrons. The number of hydrogen-bond acceptors (Lipinski definition) is 1. The van der Waals surface area contributed by atoms with Gasteiger partial charge >= 0.3 is 6.61 Å². The van der Waals surface area contributed by atoms with Crippen molar-refractivity contribution in [2.45, 2.75) is 58.0 Å². The van der Waals surface area contributed by atoms with Gasteiger partial charge in [-0.2, -0.15) is 8.78 Å². The average molecular weight is 395 g/mol. The number of benzene rings is 2. The molecule has 1 saturated carbocycles. The molecule has 2 aromatic rings. The molecule has 1 nitrogen and oxygen atoms in total. The molecular weight excluding hydrogens is 366 g/mol. The lowest BCUT2D eigenvalue weighted by Gasteiger charge is -2.27. The van der Waals surface area contributed by atoms with E-state index in [4.69, 9.17) is 0 Å². The highest BCUT2D eigenvalue weighted by atomic mass is 19.3. The third-order valence-corrected chi connectivity index (χ3v) is 5.51. The fourth-order valence-corrected chi connectivity index (χ4v) is 3.92. The molecule has 0 N–H and O–H groups in total. The van der Waals surface area contributed by atoms with Crippen LogP contribution < -0.4 is 4.74 Å². The molecule has 0 atom stereocenters. The van der Waals surface area contributed by atoms with Gasteiger partial charge in [-0.15, -0.1) is 0 Å². The molecule has 1 aliphatic carbocycles. The molecule has 0 amide bonds. The smallest absolute Gasteiger partial charge is 0.387 e. The fraction of sp³-hybridized carbons (Fsp3) is 0.385. The third-order valence-electron chi connectivity index (χ3n) is 5.51. The van der Waals surface area contributed by atoms with E-state index in [1.54, 1.807) is 12.1 Å². The molecule has 0 aromatic heterocycles. The standard InChI is InChI=1S/C26H28F2O/c1-2-5-20-8-14-23(15-9-20)24-16-10-21(11-17-24)6-3-4-7-22-12-18-25(19-13-22)29-26(27)28/h3,6,8-9,12-15,18-19,21,24,26H,2,5,10-11,16-17H2,1H3. The Kier molecular flexibility index (Phi) is 7.87. The Labute approximate surface area is 172 Å². The Morgan fingerprint density at radius 3 is 2.31 bits per heavy atom. The summed E-state index contributed by atoms with van der Waals surface area (Å²) in [6.45, 7) is -0.584. The molecule has 3 rings (SSSR count). The van der Waals surface area contributed by atoms with Crippen LogP contribution in [0.4, 0.5) is 8.78 Å². The minimum Gasteiger partial charge on any atom is -0.435 e. The molecule has 1 fully saturated rings. The Hall–Kier alpha value is -2.60. The van der Waals surface area contributed by atoms with Gasteiger partial charge < -0.3 is 4.74 Å². The Morgan fingerprint density at radius 1 is 1.00 bits per heavy atom. The van der Waals surface area contributed by atoms with E-state index in [0.717, 1.165) is 12.0 Å². The first kappa shape index (κ1) is 21.1. The van der Waals surface area contributed by atoms with Crippen molar-refractivity contribution in [2.24, 2.45) is 5.92 Å². The van der Waals surface area contributed by atoms with Crippen LogP contribution in [0.25, 0.3) is 0 Å². The number of allylic oxidation sites excluding steroid dienone is 2. The van der Waals surface area contributed by atoms with Crippen molar-refractivity contribution in [1.29, 1.82) is 0 Å². The second-order valence-corrected chi connectivity index (χ2v) is 7.63. The van der Waals surface area contributed by atoms with Gasteiger partial charge in [0, 0.05) is 5.56 Å². The summed E-state index contributed by atoms with van der Waals surface area (Å²) in [5, 5.41) is 0. The molecule has 0 aliphatic heterocycles. The van der Waals surface area contributed by atoms with E-state index in [0.29, 0.717) is 11.8 Å². The van der Waals surface area contributed by atoms with Gasteiger partial charge in [-0.3, -0.25) is 0 Å². The highest BCUT2D eigenvalue weighted by Gasteiger charge is 2.20. The summed E-state index contributed by atoms with van der Waals surface area (Å²) in [6, 6.07) is 15.6. The SMILES string of the molecule is CCCc1ccc(C2CCC(C=CC#Cc3ccc(OC(F)F)cc3)CC2)cc1. The first-order valence-corrected chi connectivity index (χ1v) is 10.5. The van der Waals surface area contributed by atoms with Crippen molar-refractivity contribution in [3.8, 4) is 17.6 Å². The van der Waals surface area contributed by atoms with E-state index in [1.807, 2.05) is 6.08 Å². The van der Waals surface area contributed by atoms with Crippen LogP contribution in [-0.4, -0.2) is 6.61 Å². The summed E-state index contributed by atoms with van der Waals surface area (Å²) in [4.78, 5) is 0. The van der Waals surface area contributed by atoms with E-state index < -0.39 is 6.61 Å². The summed E-state index contributed by atoms with van der Waals surface area (Å²) >= 11 is 0. The zero-order chi connectivity index (χ0) is 20.5. The zero-order valence-electron chi connectivity index (χ0n) is 16.9. The lowest BCUT2D eigenvalue weighted by atomic mass is 9.78. The molecule has 2 aromatic carbocycles. The lowest BCUT2D eigenvalue weighted by molar-refractivity contribution is -0.0498. The van der Waals surface area contributed by atoms with Crippen LogP contribution in [0.2, 0.25) is 0 Å². The number of alkyl halides is 2. The Bertz CT molecular complexity index is 833. The molecule has 0 heterocycles. The van der Waals surface area contributed by atoms with E-state index in [-0.39, 0.29) is 5.75 Å². The summed E-state index contributed by atoms with van der Waals surface area (Å²) in [6.07, 6.45) is 11.3. The van der Waals surface area contributed by atoms with Crippen molar-refractivity contribution >= 4 is 0 Å². The van der Waals surface area contributed by atoms with E-state index >= 15 is 0 Å². The summed E-state index contributed by atoms with van der Waals surface area (Å²) < 4.78 is 28.6. The summed E-state index contributed by atoms with van der Waals surface area (Å²) in [5.74, 6) is 7.50. The van der Waals surface area contributed by atoms with Gasteiger partial charge in [0.15, 0.2) is 0 Å². The number of ether oxygens (including phenoxy) is 1.